The lowest BCUT2D eigenvalue weighted by Crippen LogP contribution is -2.41. The number of rotatable bonds is 6. The van der Waals surface area contributed by atoms with Gasteiger partial charge in [0.15, 0.2) is 0 Å². The minimum atomic E-state index is -4.88. The first-order valence-electron chi connectivity index (χ1n) is 15.0. The molecule has 4 aromatic rings. The van der Waals surface area contributed by atoms with Crippen LogP contribution in [0.25, 0.3) is 22.3 Å². The van der Waals surface area contributed by atoms with E-state index in [9.17, 15) is 45.4 Å². The molecular weight excluding hydrogens is 661 g/mol. The molecule has 3 heterocycles. The molecule has 2 fully saturated rings. The number of hydrogen-bond acceptors (Lipinski definition) is 5. The Labute approximate surface area is 274 Å². The van der Waals surface area contributed by atoms with E-state index in [1.807, 2.05) is 0 Å². The van der Waals surface area contributed by atoms with Crippen molar-refractivity contribution in [2.24, 2.45) is 0 Å². The van der Waals surface area contributed by atoms with Gasteiger partial charge in [-0.2, -0.15) is 26.3 Å². The molecule has 14 heteroatoms. The number of nitrogens with zero attached hydrogens (tertiary/aromatic N) is 2. The number of carbonyl (C=O) groups excluding carboxylic acids is 1. The number of ether oxygens (including phenoxy) is 2. The van der Waals surface area contributed by atoms with Crippen molar-refractivity contribution in [1.82, 2.24) is 9.88 Å². The molecule has 1 N–H and O–H groups in total. The van der Waals surface area contributed by atoms with E-state index in [4.69, 9.17) is 9.47 Å². The standard InChI is InChI=1S/C35H27F7N2O5/c1-17-10-18(32(45)46)6-8-24(17)20-13-27(31(48-2)43-16-20)25-9-7-21(34(37,38)39)15-26(25)28-4-3-5-29-30(49-33(47)44(28)29)19-11-22(35(40,41)42)14-23(36)12-19/h6-16,28-30H,3-5H2,1-2H3,(H,45,46). The second-order valence-electron chi connectivity index (χ2n) is 11.9. The molecular formula is C35H27F7N2O5. The van der Waals surface area contributed by atoms with Gasteiger partial charge < -0.3 is 14.6 Å². The van der Waals surface area contributed by atoms with Crippen molar-refractivity contribution < 1.29 is 54.9 Å². The fraction of sp³-hybridized carbons (Fsp3) is 0.286. The van der Waals surface area contributed by atoms with Gasteiger partial charge in [0.1, 0.15) is 11.9 Å². The molecule has 0 aliphatic carbocycles. The number of amides is 1. The average Bonchev–Trinajstić information content (AvgIpc) is 3.39. The molecule has 3 unspecified atom stereocenters. The van der Waals surface area contributed by atoms with E-state index in [-0.39, 0.29) is 46.5 Å². The largest absolute Gasteiger partial charge is 0.481 e. The molecule has 1 amide bonds. The lowest BCUT2D eigenvalue weighted by atomic mass is 9.84. The quantitative estimate of drug-likeness (QED) is 0.203. The summed E-state index contributed by atoms with van der Waals surface area (Å²) in [6.45, 7) is 1.70. The van der Waals surface area contributed by atoms with Crippen LogP contribution >= 0.6 is 0 Å². The molecule has 3 aromatic carbocycles. The number of carboxylic acid groups (broad SMARTS) is 1. The van der Waals surface area contributed by atoms with Gasteiger partial charge in [0, 0.05) is 17.3 Å². The smallest absolute Gasteiger partial charge is 0.416 e. The zero-order chi connectivity index (χ0) is 35.4. The fourth-order valence-electron chi connectivity index (χ4n) is 6.71. The Bertz CT molecular complexity index is 1960. The van der Waals surface area contributed by atoms with Crippen LogP contribution in [0, 0.1) is 12.7 Å². The number of hydrogen-bond donors (Lipinski definition) is 1. The van der Waals surface area contributed by atoms with Crippen molar-refractivity contribution in [3.63, 3.8) is 0 Å². The number of benzene rings is 3. The first kappa shape index (κ1) is 33.7. The number of carboxylic acids is 1. The van der Waals surface area contributed by atoms with Crippen LogP contribution in [-0.2, 0) is 17.1 Å². The molecule has 1 aromatic heterocycles. The van der Waals surface area contributed by atoms with Crippen LogP contribution < -0.4 is 4.74 Å². The fourth-order valence-corrected chi connectivity index (χ4v) is 6.71. The van der Waals surface area contributed by atoms with E-state index in [2.05, 4.69) is 4.98 Å². The van der Waals surface area contributed by atoms with Crippen molar-refractivity contribution in [1.29, 1.82) is 0 Å². The summed E-state index contributed by atoms with van der Waals surface area (Å²) in [6.07, 6.45) is -9.65. The molecule has 49 heavy (non-hydrogen) atoms. The van der Waals surface area contributed by atoms with Gasteiger partial charge in [-0.3, -0.25) is 4.90 Å². The van der Waals surface area contributed by atoms with Crippen molar-refractivity contribution in [2.45, 2.75) is 56.7 Å². The molecule has 0 saturated carbocycles. The third-order valence-electron chi connectivity index (χ3n) is 8.89. The summed E-state index contributed by atoms with van der Waals surface area (Å²) < 4.78 is 108. The van der Waals surface area contributed by atoms with Crippen LogP contribution in [0.3, 0.4) is 0 Å². The van der Waals surface area contributed by atoms with Crippen molar-refractivity contribution in [3.05, 3.63) is 106 Å². The van der Waals surface area contributed by atoms with E-state index in [1.165, 1.54) is 36.4 Å². The van der Waals surface area contributed by atoms with E-state index < -0.39 is 59.5 Å². The van der Waals surface area contributed by atoms with E-state index in [0.29, 0.717) is 35.2 Å². The van der Waals surface area contributed by atoms with Gasteiger partial charge in [0.2, 0.25) is 5.88 Å². The van der Waals surface area contributed by atoms with Crippen LogP contribution in [0.5, 0.6) is 5.88 Å². The van der Waals surface area contributed by atoms with E-state index >= 15 is 0 Å². The van der Waals surface area contributed by atoms with Crippen LogP contribution in [0.2, 0.25) is 0 Å². The topological polar surface area (TPSA) is 89.0 Å². The summed E-state index contributed by atoms with van der Waals surface area (Å²) in [5, 5.41) is 9.38. The van der Waals surface area contributed by atoms with Gasteiger partial charge >= 0.3 is 24.4 Å². The van der Waals surface area contributed by atoms with Gasteiger partial charge in [-0.25, -0.2) is 19.0 Å². The van der Waals surface area contributed by atoms with Crippen molar-refractivity contribution in [3.8, 4) is 28.1 Å². The number of halogens is 7. The first-order chi connectivity index (χ1) is 23.1. The Hall–Kier alpha value is -5.14. The first-order valence-corrected chi connectivity index (χ1v) is 15.0. The summed E-state index contributed by atoms with van der Waals surface area (Å²) in [7, 11) is 1.33. The van der Waals surface area contributed by atoms with E-state index in [0.717, 1.165) is 18.2 Å². The highest BCUT2D eigenvalue weighted by atomic mass is 19.4. The molecule has 0 radical (unpaired) electrons. The number of aromatic nitrogens is 1. The SMILES string of the molecule is COc1ncc(-c2ccc(C(=O)O)cc2C)cc1-c1ccc(C(F)(F)F)cc1C1CCCC2C(c3cc(F)cc(C(F)(F)F)c3)OC(=O)N12. The van der Waals surface area contributed by atoms with Gasteiger partial charge in [-0.15, -0.1) is 0 Å². The zero-order valence-electron chi connectivity index (χ0n) is 25.8. The normalized spacial score (nSPS) is 19.4. The van der Waals surface area contributed by atoms with Crippen LogP contribution in [0.4, 0.5) is 35.5 Å². The summed E-state index contributed by atoms with van der Waals surface area (Å²) in [5.41, 5.74) is -0.138. The Balaban J connectivity index is 1.48. The zero-order valence-corrected chi connectivity index (χ0v) is 25.8. The molecule has 256 valence electrons. The van der Waals surface area contributed by atoms with Crippen LogP contribution in [-0.4, -0.2) is 40.2 Å². The minimum Gasteiger partial charge on any atom is -0.481 e. The maximum atomic E-state index is 14.4. The summed E-state index contributed by atoms with van der Waals surface area (Å²) in [5.74, 6) is -2.25. The summed E-state index contributed by atoms with van der Waals surface area (Å²) >= 11 is 0. The van der Waals surface area contributed by atoms with Gasteiger partial charge in [-0.1, -0.05) is 12.1 Å². The Morgan fingerprint density at radius 3 is 2.29 bits per heavy atom. The maximum Gasteiger partial charge on any atom is 0.416 e. The molecule has 0 spiro atoms. The minimum absolute atomic E-state index is 0.0539. The summed E-state index contributed by atoms with van der Waals surface area (Å²) in [6, 6.07) is 9.11. The second-order valence-corrected chi connectivity index (χ2v) is 11.9. The number of fused-ring (bicyclic) bond motifs is 1. The highest BCUT2D eigenvalue weighted by Crippen LogP contribution is 2.50. The molecule has 2 saturated heterocycles. The lowest BCUT2D eigenvalue weighted by Gasteiger charge is -2.38. The lowest BCUT2D eigenvalue weighted by molar-refractivity contribution is -0.138. The monoisotopic (exact) mass is 688 g/mol. The number of cyclic esters (lactones) is 1. The number of methoxy groups -OCH3 is 1. The molecule has 6 rings (SSSR count). The van der Waals surface area contributed by atoms with Gasteiger partial charge in [-0.05, 0) is 103 Å². The van der Waals surface area contributed by atoms with Crippen LogP contribution in [0.15, 0.2) is 66.9 Å². The number of pyridine rings is 1. The predicted octanol–water partition coefficient (Wildman–Crippen LogP) is 9.39. The number of piperidine rings is 1. The average molecular weight is 689 g/mol. The summed E-state index contributed by atoms with van der Waals surface area (Å²) in [4.78, 5) is 30.5. The third-order valence-corrected chi connectivity index (χ3v) is 8.89. The molecule has 2 aliphatic rings. The Kier molecular flexibility index (Phi) is 8.53. The third kappa shape index (κ3) is 6.39. The van der Waals surface area contributed by atoms with Crippen molar-refractivity contribution in [2.75, 3.05) is 7.11 Å². The maximum absolute atomic E-state index is 14.4. The molecule has 0 bridgehead atoms. The Morgan fingerprint density at radius 1 is 0.918 bits per heavy atom. The predicted molar refractivity (Wildman–Crippen MR) is 161 cm³/mol. The van der Waals surface area contributed by atoms with Crippen molar-refractivity contribution >= 4 is 12.1 Å². The number of alkyl halides is 6. The molecule has 7 nitrogen and oxygen atoms in total. The van der Waals surface area contributed by atoms with Gasteiger partial charge in [0.05, 0.1) is 35.9 Å². The van der Waals surface area contributed by atoms with E-state index in [1.54, 1.807) is 19.1 Å². The highest BCUT2D eigenvalue weighted by Gasteiger charge is 2.49. The van der Waals surface area contributed by atoms with Gasteiger partial charge in [0.25, 0.3) is 0 Å². The second kappa shape index (κ2) is 12.4. The molecule has 3 atom stereocenters. The highest BCUT2D eigenvalue weighted by molar-refractivity contribution is 5.89. The van der Waals surface area contributed by atoms with Crippen LogP contribution in [0.1, 0.15) is 69.6 Å². The number of carbonyl (C=O) groups is 2. The molecule has 2 aliphatic heterocycles. The Morgan fingerprint density at radius 2 is 1.63 bits per heavy atom. The number of aromatic carboxylic acids is 1. The number of aryl methyl sites for hydroxylation is 1.